The van der Waals surface area contributed by atoms with E-state index in [0.29, 0.717) is 55.9 Å². The van der Waals surface area contributed by atoms with E-state index in [1.807, 2.05) is 129 Å². The highest BCUT2D eigenvalue weighted by molar-refractivity contribution is 6.66. The fourth-order valence-corrected chi connectivity index (χ4v) is 10.8. The Balaban J connectivity index is 0.000000242. The van der Waals surface area contributed by atoms with Gasteiger partial charge in [-0.2, -0.15) is 0 Å². The van der Waals surface area contributed by atoms with Gasteiger partial charge >= 0.3 is 29.8 Å². The van der Waals surface area contributed by atoms with Crippen molar-refractivity contribution in [3.05, 3.63) is 202 Å². The number of amides is 2. The zero-order valence-electron chi connectivity index (χ0n) is 55.6. The molecule has 0 unspecified atom stereocenters. The van der Waals surface area contributed by atoms with Crippen LogP contribution in [0.5, 0.6) is 0 Å². The summed E-state index contributed by atoms with van der Waals surface area (Å²) in [7, 11) is 2.63. The van der Waals surface area contributed by atoms with Gasteiger partial charge in [-0.25, -0.2) is 9.59 Å². The SMILES string of the molecule is CC(C)[C@@H](C[B]C=O)C(=O)OCCl.COC(=O)C[C@@H](C(=O)OCOC(=O)[C@H](O)C[C@@H](Cc1ccc(-c2cccc(Cl)c2)cc1)NC(=O)c1ccc2nnn(O)c2c1)C(C)C.O=C(N[C@H](Cc1ccc(-c2cccc(Cl)c2)cc1)C[C@@H](O)C(=O)O)c1ccc2nnn(OCc3ccccc3)c2c1. The van der Waals surface area contributed by atoms with Crippen LogP contribution in [0.3, 0.4) is 0 Å². The average Bonchev–Trinajstić information content (AvgIpc) is 1.72. The Labute approximate surface area is 597 Å². The Bertz CT molecular complexity index is 4260. The topological polar surface area (TPSA) is 349 Å². The van der Waals surface area contributed by atoms with Gasteiger partial charge in [-0.1, -0.05) is 182 Å². The minimum absolute atomic E-state index is 0.136. The van der Waals surface area contributed by atoms with Gasteiger partial charge < -0.3 is 59.7 Å². The number of hydrogen-bond donors (Lipinski definition) is 6. The molecule has 6 N–H and O–H groups in total. The molecule has 2 aromatic heterocycles. The maximum Gasteiger partial charge on any atom is 0.337 e. The van der Waals surface area contributed by atoms with E-state index in [2.05, 4.69) is 40.7 Å². The summed E-state index contributed by atoms with van der Waals surface area (Å²) >= 11 is 17.5. The summed E-state index contributed by atoms with van der Waals surface area (Å²) in [4.78, 5) is 104. The molecule has 7 aromatic carbocycles. The number of hydrogen-bond acceptors (Lipinski definition) is 20. The Morgan fingerprint density at radius 2 is 1.08 bits per heavy atom. The lowest BCUT2D eigenvalue weighted by Crippen LogP contribution is -2.41. The Kier molecular flexibility index (Phi) is 30.1. The van der Waals surface area contributed by atoms with E-state index in [1.165, 1.54) is 37.4 Å². The monoisotopic (exact) mass is 1440 g/mol. The molecule has 6 atom stereocenters. The molecule has 2 heterocycles. The van der Waals surface area contributed by atoms with Gasteiger partial charge in [-0.15, -0.1) is 10.2 Å². The number of carbonyl (C=O) groups excluding carboxylic acids is 7. The second-order valence-electron chi connectivity index (χ2n) is 23.8. The minimum atomic E-state index is -1.69. The van der Waals surface area contributed by atoms with E-state index in [9.17, 15) is 58.9 Å². The van der Waals surface area contributed by atoms with Crippen LogP contribution >= 0.6 is 34.8 Å². The molecule has 0 fully saturated rings. The van der Waals surface area contributed by atoms with Crippen molar-refractivity contribution in [1.82, 2.24) is 40.9 Å². The van der Waals surface area contributed by atoms with Crippen LogP contribution in [0.15, 0.2) is 164 Å². The molecule has 0 spiro atoms. The third-order valence-electron chi connectivity index (χ3n) is 15.9. The van der Waals surface area contributed by atoms with Crippen LogP contribution in [0.2, 0.25) is 16.4 Å². The van der Waals surface area contributed by atoms with E-state index in [-0.39, 0.29) is 73.2 Å². The van der Waals surface area contributed by atoms with Crippen molar-refractivity contribution in [3.63, 3.8) is 0 Å². The van der Waals surface area contributed by atoms with Crippen LogP contribution in [0, 0.1) is 23.7 Å². The number of aliphatic hydroxyl groups excluding tert-OH is 2. The van der Waals surface area contributed by atoms with Gasteiger partial charge in [0.2, 0.25) is 6.79 Å². The van der Waals surface area contributed by atoms with Crippen molar-refractivity contribution < 1.29 is 82.7 Å². The fraction of sp³-hybridized carbons (Fsp3) is 0.306. The van der Waals surface area contributed by atoms with Crippen LogP contribution in [0.1, 0.15) is 84.4 Å². The maximum absolute atomic E-state index is 13.3. The summed E-state index contributed by atoms with van der Waals surface area (Å²) in [5.74, 6) is -6.26. The predicted molar refractivity (Wildman–Crippen MR) is 376 cm³/mol. The number of aromatic nitrogens is 6. The third kappa shape index (κ3) is 24.0. The van der Waals surface area contributed by atoms with Gasteiger partial charge in [0.1, 0.15) is 28.7 Å². The fourth-order valence-electron chi connectivity index (χ4n) is 10.3. The summed E-state index contributed by atoms with van der Waals surface area (Å²) in [6.07, 6.45) is -2.29. The van der Waals surface area contributed by atoms with Crippen LogP contribution in [-0.2, 0) is 67.2 Å². The summed E-state index contributed by atoms with van der Waals surface area (Å²) < 4.78 is 19.3. The van der Waals surface area contributed by atoms with Crippen molar-refractivity contribution in [1.29, 1.82) is 0 Å². The molecule has 25 nitrogen and oxygen atoms in total. The number of benzene rings is 7. The summed E-state index contributed by atoms with van der Waals surface area (Å²) in [6, 6.07) is 47.5. The number of alkyl halides is 1. The minimum Gasteiger partial charge on any atom is -0.479 e. The van der Waals surface area contributed by atoms with Crippen LogP contribution in [0.25, 0.3) is 44.3 Å². The average molecular weight is 1440 g/mol. The Morgan fingerprint density at radius 3 is 1.58 bits per heavy atom. The van der Waals surface area contributed by atoms with Crippen LogP contribution < -0.4 is 15.5 Å². The van der Waals surface area contributed by atoms with E-state index < -0.39 is 72.7 Å². The number of rotatable bonds is 31. The number of ether oxygens (including phenoxy) is 4. The standard InChI is InChI=1S/C33H35ClN4O9.C31H27ClN4O5.C8H13BClO3/c1-19(2)26(17-30(40)45-3)32(42)46-18-47-33(43)29(39)16-25(35-31(41)23-11-12-27-28(15-23)38(44)37-36-27)13-20-7-9-21(10-8-20)22-5-4-6-24(34)14-22;32-25-8-4-7-23(16-25)22-11-9-20(10-12-22)15-26(18-29(37)31(39)40)33-30(38)24-13-14-27-28(17-24)36(35-34-27)41-19-21-5-2-1-3-6-21;1-6(2)7(3-9-4-11)8(12)13-5-10/h4-12,14-15,19,25-26,29,39,44H,13,16-18H2,1-3H3,(H,35,41);1-14,16-17,26,29,37H,15,18-19H2,(H,33,38)(H,39,40);4,6-7H,3,5H2,1-2H3/t25-,26-,29-;26-,29-;7-/m111/s1. The quantitative estimate of drug-likeness (QED) is 0.00447. The Morgan fingerprint density at radius 1 is 0.574 bits per heavy atom. The summed E-state index contributed by atoms with van der Waals surface area (Å²) in [5.41, 5.74) is 8.55. The Hall–Kier alpha value is -10.2. The molecule has 2 amide bonds. The van der Waals surface area contributed by atoms with E-state index >= 15 is 0 Å². The van der Waals surface area contributed by atoms with Crippen molar-refractivity contribution in [2.24, 2.45) is 23.7 Å². The molecule has 0 aliphatic heterocycles. The highest BCUT2D eigenvalue weighted by Gasteiger charge is 2.30. The highest BCUT2D eigenvalue weighted by atomic mass is 35.5. The van der Waals surface area contributed by atoms with Gasteiger partial charge in [0.25, 0.3) is 11.8 Å². The number of carboxylic acids is 1. The largest absolute Gasteiger partial charge is 0.479 e. The number of carboxylic acid groups (broad SMARTS) is 1. The van der Waals surface area contributed by atoms with E-state index in [1.54, 1.807) is 44.2 Å². The lowest BCUT2D eigenvalue weighted by atomic mass is 9.69. The lowest BCUT2D eigenvalue weighted by molar-refractivity contribution is -0.178. The van der Waals surface area contributed by atoms with Crippen molar-refractivity contribution in [2.75, 3.05) is 20.0 Å². The first-order valence-electron chi connectivity index (χ1n) is 31.8. The third-order valence-corrected chi connectivity index (χ3v) is 16.5. The van der Waals surface area contributed by atoms with Gasteiger partial charge in [0.05, 0.1) is 31.6 Å². The lowest BCUT2D eigenvalue weighted by Gasteiger charge is -2.22. The number of carbonyl (C=O) groups is 8. The number of nitrogens with zero attached hydrogens (tertiary/aromatic N) is 6. The van der Waals surface area contributed by atoms with Crippen molar-refractivity contribution >= 4 is 112 Å². The normalized spacial score (nSPS) is 12.8. The van der Waals surface area contributed by atoms with E-state index in [0.717, 1.165) is 38.9 Å². The zero-order chi connectivity index (χ0) is 73.1. The number of aliphatic hydroxyl groups is 2. The highest BCUT2D eigenvalue weighted by Crippen LogP contribution is 2.27. The number of nitrogens with one attached hydrogen (secondary N) is 2. The molecule has 1 radical (unpaired) electrons. The molecule has 529 valence electrons. The molecule has 0 saturated carbocycles. The van der Waals surface area contributed by atoms with Crippen molar-refractivity contribution in [2.45, 2.75) is 97.0 Å². The number of esters is 4. The van der Waals surface area contributed by atoms with Crippen LogP contribution in [0.4, 0.5) is 0 Å². The molecule has 101 heavy (non-hydrogen) atoms. The van der Waals surface area contributed by atoms with Gasteiger partial charge in [0, 0.05) is 46.1 Å². The molecule has 0 bridgehead atoms. The number of methoxy groups -OCH3 is 1. The second-order valence-corrected chi connectivity index (χ2v) is 24.9. The summed E-state index contributed by atoms with van der Waals surface area (Å²) in [5, 5.41) is 62.4. The first-order chi connectivity index (χ1) is 48.4. The molecule has 0 aliphatic carbocycles. The van der Waals surface area contributed by atoms with Gasteiger partial charge in [0.15, 0.2) is 25.6 Å². The second kappa shape index (κ2) is 38.9. The van der Waals surface area contributed by atoms with Gasteiger partial charge in [-0.3, -0.25) is 24.0 Å². The maximum atomic E-state index is 13.3. The molecule has 0 saturated heterocycles. The molecule has 9 rings (SSSR count). The molecular weight excluding hydrogens is 1370 g/mol. The first kappa shape index (κ1) is 78.1. The number of fused-ring (bicyclic) bond motifs is 2. The van der Waals surface area contributed by atoms with E-state index in [4.69, 9.17) is 49.1 Å². The smallest absolute Gasteiger partial charge is 0.337 e. The first-order valence-corrected chi connectivity index (χ1v) is 33.1. The zero-order valence-corrected chi connectivity index (χ0v) is 57.9. The molecule has 29 heteroatoms. The molecule has 0 aliphatic rings. The number of aliphatic carboxylic acids is 1. The van der Waals surface area contributed by atoms with Crippen molar-refractivity contribution in [3.8, 4) is 22.3 Å². The predicted octanol–water partition coefficient (Wildman–Crippen LogP) is 9.83. The molecule has 9 aromatic rings. The van der Waals surface area contributed by atoms with Gasteiger partial charge in [-0.05, 0) is 135 Å². The molecular formula is C72H75BCl3N8O17. The van der Waals surface area contributed by atoms with Crippen LogP contribution in [-0.4, -0.2) is 150 Å². The summed E-state index contributed by atoms with van der Waals surface area (Å²) in [6.45, 7) is 6.76. The number of halogens is 3.